The summed E-state index contributed by atoms with van der Waals surface area (Å²) in [6.45, 7) is 5.38. The fourth-order valence-corrected chi connectivity index (χ4v) is 1.55. The van der Waals surface area contributed by atoms with Crippen LogP contribution >= 0.6 is 0 Å². The quantitative estimate of drug-likeness (QED) is 0.877. The molecule has 1 N–H and O–H groups in total. The highest BCUT2D eigenvalue weighted by Crippen LogP contribution is 2.13. The smallest absolute Gasteiger partial charge is 0.149 e. The van der Waals surface area contributed by atoms with E-state index in [1.165, 1.54) is 10.7 Å². The molecule has 0 aliphatic carbocycles. The van der Waals surface area contributed by atoms with Gasteiger partial charge in [-0.05, 0) is 31.2 Å². The van der Waals surface area contributed by atoms with Crippen LogP contribution < -0.4 is 5.32 Å². The average Bonchev–Trinajstić information content (AvgIpc) is 2.75. The number of hydrogen-bond donors (Lipinski definition) is 1. The van der Waals surface area contributed by atoms with Crippen LogP contribution in [0.5, 0.6) is 0 Å². The summed E-state index contributed by atoms with van der Waals surface area (Å²) in [6.07, 6.45) is 1.73. The highest BCUT2D eigenvalue weighted by molar-refractivity contribution is 5.35. The van der Waals surface area contributed by atoms with E-state index in [4.69, 9.17) is 0 Å². The van der Waals surface area contributed by atoms with E-state index in [-0.39, 0.29) is 5.82 Å². The van der Waals surface area contributed by atoms with E-state index in [2.05, 4.69) is 15.6 Å². The molecule has 0 aliphatic rings. The first-order valence-corrected chi connectivity index (χ1v) is 5.59. The summed E-state index contributed by atoms with van der Waals surface area (Å²) in [5.41, 5.74) is 2.11. The van der Waals surface area contributed by atoms with Crippen LogP contribution in [0.2, 0.25) is 0 Å². The van der Waals surface area contributed by atoms with Gasteiger partial charge in [-0.25, -0.2) is 9.07 Å². The van der Waals surface area contributed by atoms with Gasteiger partial charge >= 0.3 is 0 Å². The molecule has 4 nitrogen and oxygen atoms in total. The Balaban J connectivity index is 2.24. The van der Waals surface area contributed by atoms with Crippen molar-refractivity contribution >= 4 is 0 Å². The van der Waals surface area contributed by atoms with Crippen LogP contribution in [0.1, 0.15) is 18.2 Å². The maximum Gasteiger partial charge on any atom is 0.149 e. The summed E-state index contributed by atoms with van der Waals surface area (Å²) in [6, 6.07) is 5.04. The highest BCUT2D eigenvalue weighted by atomic mass is 19.1. The Labute approximate surface area is 99.5 Å². The van der Waals surface area contributed by atoms with E-state index in [1.807, 2.05) is 19.9 Å². The molecule has 1 aromatic heterocycles. The van der Waals surface area contributed by atoms with E-state index >= 15 is 0 Å². The summed E-state index contributed by atoms with van der Waals surface area (Å²) >= 11 is 0. The van der Waals surface area contributed by atoms with Crippen molar-refractivity contribution in [1.82, 2.24) is 20.3 Å². The first kappa shape index (κ1) is 11.7. The van der Waals surface area contributed by atoms with Crippen molar-refractivity contribution in [3.63, 3.8) is 0 Å². The van der Waals surface area contributed by atoms with Crippen LogP contribution in [-0.2, 0) is 6.54 Å². The molecule has 2 aromatic rings. The van der Waals surface area contributed by atoms with Crippen molar-refractivity contribution < 1.29 is 4.39 Å². The van der Waals surface area contributed by atoms with Gasteiger partial charge in [0.1, 0.15) is 11.5 Å². The van der Waals surface area contributed by atoms with Crippen LogP contribution in [-0.4, -0.2) is 21.5 Å². The Morgan fingerprint density at radius 1 is 1.41 bits per heavy atom. The number of aromatic nitrogens is 3. The summed E-state index contributed by atoms with van der Waals surface area (Å²) in [5.74, 6) is -0.287. The molecule has 0 radical (unpaired) electrons. The lowest BCUT2D eigenvalue weighted by Crippen LogP contribution is -2.11. The van der Waals surface area contributed by atoms with Crippen molar-refractivity contribution in [2.75, 3.05) is 6.54 Å². The second-order valence-electron chi connectivity index (χ2n) is 3.89. The van der Waals surface area contributed by atoms with Crippen molar-refractivity contribution in [3.8, 4) is 5.69 Å². The van der Waals surface area contributed by atoms with E-state index in [1.54, 1.807) is 12.3 Å². The molecule has 90 valence electrons. The van der Waals surface area contributed by atoms with Crippen molar-refractivity contribution in [3.05, 3.63) is 41.5 Å². The molecule has 1 heterocycles. The number of nitrogens with one attached hydrogen (secondary N) is 1. The van der Waals surface area contributed by atoms with Gasteiger partial charge in [0.15, 0.2) is 0 Å². The molecular weight excluding hydrogens is 219 g/mol. The summed E-state index contributed by atoms with van der Waals surface area (Å²) in [5, 5.41) is 11.0. The van der Waals surface area contributed by atoms with Crippen LogP contribution in [0.25, 0.3) is 5.69 Å². The van der Waals surface area contributed by atoms with Gasteiger partial charge in [-0.2, -0.15) is 0 Å². The third kappa shape index (κ3) is 2.68. The fourth-order valence-electron chi connectivity index (χ4n) is 1.55. The molecule has 0 bridgehead atoms. The molecule has 0 saturated heterocycles. The molecule has 0 unspecified atom stereocenters. The lowest BCUT2D eigenvalue weighted by molar-refractivity contribution is 0.606. The molecule has 1 aromatic carbocycles. The minimum atomic E-state index is -0.287. The minimum absolute atomic E-state index is 0.287. The maximum absolute atomic E-state index is 13.7. The monoisotopic (exact) mass is 234 g/mol. The van der Waals surface area contributed by atoms with Crippen LogP contribution in [0.4, 0.5) is 4.39 Å². The predicted molar refractivity (Wildman–Crippen MR) is 63.4 cm³/mol. The molecule has 0 atom stereocenters. The first-order chi connectivity index (χ1) is 8.20. The molecule has 0 saturated carbocycles. The van der Waals surface area contributed by atoms with Gasteiger partial charge in [-0.3, -0.25) is 0 Å². The molecule has 0 amide bonds. The topological polar surface area (TPSA) is 42.7 Å². The van der Waals surface area contributed by atoms with Crippen LogP contribution in [0.15, 0.2) is 24.4 Å². The Bertz CT molecular complexity index is 507. The maximum atomic E-state index is 13.7. The summed E-state index contributed by atoms with van der Waals surface area (Å²) < 4.78 is 15.2. The van der Waals surface area contributed by atoms with Crippen molar-refractivity contribution in [2.24, 2.45) is 0 Å². The summed E-state index contributed by atoms with van der Waals surface area (Å²) in [7, 11) is 0. The molecule has 0 aliphatic heterocycles. The van der Waals surface area contributed by atoms with Gasteiger partial charge in [-0.1, -0.05) is 18.2 Å². The van der Waals surface area contributed by atoms with Gasteiger partial charge in [-0.15, -0.1) is 5.10 Å². The van der Waals surface area contributed by atoms with Crippen molar-refractivity contribution in [2.45, 2.75) is 20.4 Å². The zero-order chi connectivity index (χ0) is 12.3. The predicted octanol–water partition coefficient (Wildman–Crippen LogP) is 1.82. The molecule has 5 heteroatoms. The van der Waals surface area contributed by atoms with Crippen LogP contribution in [0, 0.1) is 12.7 Å². The Kier molecular flexibility index (Phi) is 3.49. The van der Waals surface area contributed by atoms with Gasteiger partial charge < -0.3 is 5.32 Å². The van der Waals surface area contributed by atoms with E-state index in [0.717, 1.165) is 17.8 Å². The van der Waals surface area contributed by atoms with Gasteiger partial charge in [0, 0.05) is 6.54 Å². The Morgan fingerprint density at radius 3 is 2.94 bits per heavy atom. The second kappa shape index (κ2) is 5.05. The standard InChI is InChI=1S/C12H15FN4/c1-3-14-7-10-8-17(16-15-10)12-5-4-9(2)6-11(12)13/h4-6,8,14H,3,7H2,1-2H3. The summed E-state index contributed by atoms with van der Waals surface area (Å²) in [4.78, 5) is 0. The zero-order valence-corrected chi connectivity index (χ0v) is 9.94. The molecule has 0 fully saturated rings. The largest absolute Gasteiger partial charge is 0.311 e. The van der Waals surface area contributed by atoms with E-state index < -0.39 is 0 Å². The average molecular weight is 234 g/mol. The number of halogens is 1. The first-order valence-electron chi connectivity index (χ1n) is 5.59. The van der Waals surface area contributed by atoms with E-state index in [0.29, 0.717) is 12.2 Å². The van der Waals surface area contributed by atoms with Gasteiger partial charge in [0.25, 0.3) is 0 Å². The third-order valence-electron chi connectivity index (χ3n) is 2.45. The Hall–Kier alpha value is -1.75. The zero-order valence-electron chi connectivity index (χ0n) is 9.94. The number of nitrogens with zero attached hydrogens (tertiary/aromatic N) is 3. The fraction of sp³-hybridized carbons (Fsp3) is 0.333. The van der Waals surface area contributed by atoms with Gasteiger partial charge in [0.05, 0.1) is 11.9 Å². The number of rotatable bonds is 4. The second-order valence-corrected chi connectivity index (χ2v) is 3.89. The van der Waals surface area contributed by atoms with Gasteiger partial charge in [0.2, 0.25) is 0 Å². The highest BCUT2D eigenvalue weighted by Gasteiger charge is 2.07. The Morgan fingerprint density at radius 2 is 2.24 bits per heavy atom. The minimum Gasteiger partial charge on any atom is -0.311 e. The van der Waals surface area contributed by atoms with Crippen LogP contribution in [0.3, 0.4) is 0 Å². The molecule has 17 heavy (non-hydrogen) atoms. The third-order valence-corrected chi connectivity index (χ3v) is 2.45. The number of benzene rings is 1. The lowest BCUT2D eigenvalue weighted by Gasteiger charge is -2.02. The molecule has 0 spiro atoms. The van der Waals surface area contributed by atoms with E-state index in [9.17, 15) is 4.39 Å². The van der Waals surface area contributed by atoms with Crippen molar-refractivity contribution in [1.29, 1.82) is 0 Å². The number of hydrogen-bond acceptors (Lipinski definition) is 3. The molecule has 2 rings (SSSR count). The lowest BCUT2D eigenvalue weighted by atomic mass is 10.2. The molecular formula is C12H15FN4. The normalized spacial score (nSPS) is 10.8. The SMILES string of the molecule is CCNCc1cn(-c2ccc(C)cc2F)nn1. The number of aryl methyl sites for hydroxylation is 1.